The average Bonchev–Trinajstić information content (AvgIpc) is 2.60. The van der Waals surface area contributed by atoms with E-state index in [1.165, 1.54) is 31.4 Å². The third-order valence-electron chi connectivity index (χ3n) is 3.74. The maximum Gasteiger partial charge on any atom is 0.336 e. The summed E-state index contributed by atoms with van der Waals surface area (Å²) in [5.41, 5.74) is 0.478. The smallest absolute Gasteiger partial charge is 0.336 e. The van der Waals surface area contributed by atoms with E-state index in [4.69, 9.17) is 14.7 Å². The summed E-state index contributed by atoms with van der Waals surface area (Å²) in [6, 6.07) is 8.10. The molecule has 0 aromatic heterocycles. The molecule has 1 fully saturated rings. The van der Waals surface area contributed by atoms with Crippen molar-refractivity contribution in [2.24, 2.45) is 5.92 Å². The Kier molecular flexibility index (Phi) is 6.37. The Morgan fingerprint density at radius 3 is 2.39 bits per heavy atom. The van der Waals surface area contributed by atoms with Crippen LogP contribution in [-0.2, 0) is 14.3 Å². The minimum absolute atomic E-state index is 0.314. The highest BCUT2D eigenvalue weighted by molar-refractivity contribution is 5.92. The molecule has 0 heterocycles. The summed E-state index contributed by atoms with van der Waals surface area (Å²) in [5.74, 6) is -0.447. The van der Waals surface area contributed by atoms with Crippen molar-refractivity contribution in [3.63, 3.8) is 0 Å². The summed E-state index contributed by atoms with van der Waals surface area (Å²) >= 11 is 0. The van der Waals surface area contributed by atoms with Gasteiger partial charge in [-0.15, -0.1) is 0 Å². The zero-order chi connectivity index (χ0) is 16.5. The molecule has 0 N–H and O–H groups in total. The topological polar surface area (TPSA) is 76.4 Å². The summed E-state index contributed by atoms with van der Waals surface area (Å²) in [7, 11) is 0. The van der Waals surface area contributed by atoms with Crippen LogP contribution in [0.15, 0.2) is 36.4 Å². The lowest BCUT2D eigenvalue weighted by Gasteiger charge is -2.20. The maximum atomic E-state index is 11.6. The summed E-state index contributed by atoms with van der Waals surface area (Å²) in [4.78, 5) is 23.2. The highest BCUT2D eigenvalue weighted by Gasteiger charge is 2.14. The van der Waals surface area contributed by atoms with Crippen LogP contribution in [0, 0.1) is 17.2 Å². The van der Waals surface area contributed by atoms with Gasteiger partial charge in [-0.05, 0) is 43.0 Å². The third kappa shape index (κ3) is 5.95. The highest BCUT2D eigenvalue weighted by Crippen LogP contribution is 2.23. The number of carbonyl (C=O) groups excluding carboxylic acids is 2. The fourth-order valence-electron chi connectivity index (χ4n) is 2.49. The van der Waals surface area contributed by atoms with Gasteiger partial charge in [0.05, 0.1) is 18.2 Å². The normalized spacial score (nSPS) is 15.1. The van der Waals surface area contributed by atoms with E-state index in [0.29, 0.717) is 23.8 Å². The molecule has 0 atom stereocenters. The molecule has 1 aliphatic rings. The van der Waals surface area contributed by atoms with Gasteiger partial charge in [-0.3, -0.25) is 0 Å². The molecule has 0 spiro atoms. The van der Waals surface area contributed by atoms with E-state index in [1.807, 2.05) is 6.07 Å². The zero-order valence-corrected chi connectivity index (χ0v) is 12.9. The molecule has 0 unspecified atom stereocenters. The molecule has 2 rings (SSSR count). The first-order chi connectivity index (χ1) is 11.2. The van der Waals surface area contributed by atoms with Crippen LogP contribution in [0.4, 0.5) is 0 Å². The van der Waals surface area contributed by atoms with Crippen LogP contribution in [0.1, 0.15) is 37.7 Å². The minimum Gasteiger partial charge on any atom is -0.462 e. The van der Waals surface area contributed by atoms with E-state index in [-0.39, 0.29) is 0 Å². The Labute approximate surface area is 135 Å². The first-order valence-corrected chi connectivity index (χ1v) is 7.74. The largest absolute Gasteiger partial charge is 0.462 e. The molecule has 0 amide bonds. The Bertz CT molecular complexity index is 607. The summed E-state index contributed by atoms with van der Waals surface area (Å²) in [5, 5.41) is 8.68. The maximum absolute atomic E-state index is 11.6. The SMILES string of the molecule is N#Cc1ccc(OC(=O)/C=C/C(=O)OCC2CCCCC2)cc1. The molecule has 5 heteroatoms. The molecule has 0 bridgehead atoms. The Morgan fingerprint density at radius 2 is 1.74 bits per heavy atom. The summed E-state index contributed by atoms with van der Waals surface area (Å²) in [6.45, 7) is 0.411. The molecule has 1 aromatic rings. The molecule has 0 saturated heterocycles. The molecule has 1 saturated carbocycles. The van der Waals surface area contributed by atoms with Crippen molar-refractivity contribution in [3.8, 4) is 11.8 Å². The van der Waals surface area contributed by atoms with Crippen molar-refractivity contribution in [2.45, 2.75) is 32.1 Å². The van der Waals surface area contributed by atoms with Crippen molar-refractivity contribution >= 4 is 11.9 Å². The number of rotatable bonds is 5. The van der Waals surface area contributed by atoms with Gasteiger partial charge in [-0.2, -0.15) is 5.26 Å². The lowest BCUT2D eigenvalue weighted by atomic mass is 9.90. The van der Waals surface area contributed by atoms with E-state index in [1.54, 1.807) is 12.1 Å². The van der Waals surface area contributed by atoms with E-state index < -0.39 is 11.9 Å². The fourth-order valence-corrected chi connectivity index (χ4v) is 2.49. The van der Waals surface area contributed by atoms with E-state index in [9.17, 15) is 9.59 Å². The molecule has 0 radical (unpaired) electrons. The second kappa shape index (κ2) is 8.74. The van der Waals surface area contributed by atoms with Gasteiger partial charge in [0, 0.05) is 12.2 Å². The van der Waals surface area contributed by atoms with Gasteiger partial charge in [0.15, 0.2) is 0 Å². The van der Waals surface area contributed by atoms with E-state index in [0.717, 1.165) is 25.0 Å². The van der Waals surface area contributed by atoms with Crippen molar-refractivity contribution in [3.05, 3.63) is 42.0 Å². The first-order valence-electron chi connectivity index (χ1n) is 7.74. The van der Waals surface area contributed by atoms with Gasteiger partial charge in [0.1, 0.15) is 5.75 Å². The van der Waals surface area contributed by atoms with Crippen LogP contribution in [0.3, 0.4) is 0 Å². The lowest BCUT2D eigenvalue weighted by Crippen LogP contribution is -2.16. The number of hydrogen-bond donors (Lipinski definition) is 0. The standard InChI is InChI=1S/C18H19NO4/c19-12-14-6-8-16(9-7-14)23-18(21)11-10-17(20)22-13-15-4-2-1-3-5-15/h6-11,15H,1-5,13H2/b11-10+. The second-order valence-corrected chi connectivity index (χ2v) is 5.52. The van der Waals surface area contributed by atoms with Gasteiger partial charge >= 0.3 is 11.9 Å². The van der Waals surface area contributed by atoms with Gasteiger partial charge in [-0.25, -0.2) is 9.59 Å². The van der Waals surface area contributed by atoms with Gasteiger partial charge < -0.3 is 9.47 Å². The van der Waals surface area contributed by atoms with Crippen LogP contribution in [-0.4, -0.2) is 18.5 Å². The lowest BCUT2D eigenvalue weighted by molar-refractivity contribution is -0.140. The third-order valence-corrected chi connectivity index (χ3v) is 3.74. The fraction of sp³-hybridized carbons (Fsp3) is 0.389. The monoisotopic (exact) mass is 313 g/mol. The van der Waals surface area contributed by atoms with E-state index in [2.05, 4.69) is 0 Å². The summed E-state index contributed by atoms with van der Waals surface area (Å²) in [6.07, 6.45) is 7.95. The van der Waals surface area contributed by atoms with Crippen LogP contribution in [0.25, 0.3) is 0 Å². The Hall–Kier alpha value is -2.61. The number of esters is 2. The van der Waals surface area contributed by atoms with Crippen molar-refractivity contribution in [1.29, 1.82) is 5.26 Å². The number of benzene rings is 1. The molecule has 120 valence electrons. The molecular weight excluding hydrogens is 294 g/mol. The van der Waals surface area contributed by atoms with Crippen LogP contribution in [0.5, 0.6) is 5.75 Å². The number of hydrogen-bond acceptors (Lipinski definition) is 5. The second-order valence-electron chi connectivity index (χ2n) is 5.52. The first kappa shape index (κ1) is 16.8. The Balaban J connectivity index is 1.73. The van der Waals surface area contributed by atoms with Crippen LogP contribution in [0.2, 0.25) is 0 Å². The highest BCUT2D eigenvalue weighted by atomic mass is 16.5. The number of ether oxygens (including phenoxy) is 2. The van der Waals surface area contributed by atoms with Gasteiger partial charge in [-0.1, -0.05) is 19.3 Å². The number of carbonyl (C=O) groups is 2. The zero-order valence-electron chi connectivity index (χ0n) is 12.9. The molecule has 1 aliphatic carbocycles. The van der Waals surface area contributed by atoms with E-state index >= 15 is 0 Å². The number of nitriles is 1. The predicted molar refractivity (Wildman–Crippen MR) is 83.5 cm³/mol. The van der Waals surface area contributed by atoms with Crippen molar-refractivity contribution < 1.29 is 19.1 Å². The van der Waals surface area contributed by atoms with Gasteiger partial charge in [0.25, 0.3) is 0 Å². The van der Waals surface area contributed by atoms with Crippen molar-refractivity contribution in [2.75, 3.05) is 6.61 Å². The molecule has 0 aliphatic heterocycles. The van der Waals surface area contributed by atoms with Crippen LogP contribution < -0.4 is 4.74 Å². The molecule has 23 heavy (non-hydrogen) atoms. The quantitative estimate of drug-likeness (QED) is 0.474. The van der Waals surface area contributed by atoms with Crippen LogP contribution >= 0.6 is 0 Å². The summed E-state index contributed by atoms with van der Waals surface area (Å²) < 4.78 is 10.2. The van der Waals surface area contributed by atoms with Gasteiger partial charge in [0.2, 0.25) is 0 Å². The molecule has 5 nitrogen and oxygen atoms in total. The number of nitrogens with zero attached hydrogens (tertiary/aromatic N) is 1. The molecule has 1 aromatic carbocycles. The minimum atomic E-state index is -0.663. The molecular formula is C18H19NO4. The van der Waals surface area contributed by atoms with Crippen molar-refractivity contribution in [1.82, 2.24) is 0 Å². The average molecular weight is 313 g/mol. The predicted octanol–water partition coefficient (Wildman–Crippen LogP) is 3.14. The Morgan fingerprint density at radius 1 is 1.09 bits per heavy atom.